The lowest BCUT2D eigenvalue weighted by atomic mass is 10.0. The molecule has 0 atom stereocenters. The predicted molar refractivity (Wildman–Crippen MR) is 114 cm³/mol. The zero-order chi connectivity index (χ0) is 20.8. The Morgan fingerprint density at radius 2 is 1.55 bits per heavy atom. The fraction of sp³-hybridized carbons (Fsp3) is 0.667. The lowest BCUT2D eigenvalue weighted by Crippen LogP contribution is -2.43. The van der Waals surface area contributed by atoms with Crippen molar-refractivity contribution < 1.29 is 24.1 Å². The molecule has 0 spiro atoms. The molecule has 29 heavy (non-hydrogen) atoms. The fourth-order valence-electron chi connectivity index (χ4n) is 4.19. The minimum Gasteiger partial charge on any atom is -0.496 e. The first-order valence-corrected chi connectivity index (χ1v) is 11.1. The van der Waals surface area contributed by atoms with Gasteiger partial charge in [-0.05, 0) is 44.2 Å². The Morgan fingerprint density at radius 3 is 2.03 bits per heavy atom. The van der Waals surface area contributed by atoms with E-state index >= 15 is 0 Å². The molecule has 1 amide bonds. The van der Waals surface area contributed by atoms with Crippen LogP contribution in [0.3, 0.4) is 0 Å². The maximum Gasteiger partial charge on any atom is 0.407 e. The molecule has 8 heteroatoms. The number of benzene rings is 1. The second kappa shape index (κ2) is 10.5. The number of rotatable bonds is 7. The van der Waals surface area contributed by atoms with Gasteiger partial charge in [0.2, 0.25) is 0 Å². The van der Waals surface area contributed by atoms with Crippen molar-refractivity contribution in [3.05, 3.63) is 22.2 Å². The summed E-state index contributed by atoms with van der Waals surface area (Å²) >= 11 is 3.50. The first-order chi connectivity index (χ1) is 14.0. The van der Waals surface area contributed by atoms with E-state index in [4.69, 9.17) is 19.3 Å². The summed E-state index contributed by atoms with van der Waals surface area (Å²) in [4.78, 5) is 15.0. The lowest BCUT2D eigenvalue weighted by Gasteiger charge is -2.36. The summed E-state index contributed by atoms with van der Waals surface area (Å²) < 4.78 is 18.3. The van der Waals surface area contributed by atoms with Crippen LogP contribution in [0.15, 0.2) is 16.6 Å². The lowest BCUT2D eigenvalue weighted by molar-refractivity contribution is -0.0624. The molecule has 0 aliphatic carbocycles. The summed E-state index contributed by atoms with van der Waals surface area (Å²) in [6.07, 6.45) is 4.17. The van der Waals surface area contributed by atoms with Gasteiger partial charge >= 0.3 is 6.09 Å². The van der Waals surface area contributed by atoms with E-state index < -0.39 is 6.09 Å². The van der Waals surface area contributed by atoms with E-state index in [0.717, 1.165) is 73.3 Å². The van der Waals surface area contributed by atoms with E-state index in [1.165, 1.54) is 4.90 Å². The molecule has 2 aliphatic rings. The Labute approximate surface area is 181 Å². The Hall–Kier alpha value is -1.51. The number of carbonyl (C=O) groups is 1. The minimum absolute atomic E-state index is 0.193. The number of methoxy groups -OCH3 is 2. The SMILES string of the molecule is COc1cc(Br)cc(OC)c1CCN1CCC(OC2CCN(C(=O)O)CC2)CC1. The first kappa shape index (κ1) is 22.2. The molecular formula is C21H31BrN2O5. The van der Waals surface area contributed by atoms with Crippen LogP contribution in [0.4, 0.5) is 4.79 Å². The molecule has 1 aromatic rings. The highest BCUT2D eigenvalue weighted by atomic mass is 79.9. The maximum atomic E-state index is 11.0. The van der Waals surface area contributed by atoms with E-state index in [9.17, 15) is 4.79 Å². The zero-order valence-electron chi connectivity index (χ0n) is 17.2. The molecule has 2 saturated heterocycles. The summed E-state index contributed by atoms with van der Waals surface area (Å²) in [5.41, 5.74) is 1.10. The van der Waals surface area contributed by atoms with Gasteiger partial charge in [0.1, 0.15) is 11.5 Å². The summed E-state index contributed by atoms with van der Waals surface area (Å²) in [5.74, 6) is 1.70. The standard InChI is InChI=1S/C21H31BrN2O5/c1-27-19-13-15(22)14-20(28-2)18(19)7-10-23-8-3-16(4-9-23)29-17-5-11-24(12-6-17)21(25)26/h13-14,16-17H,3-12H2,1-2H3,(H,25,26). The Bertz CT molecular complexity index is 661. The number of halogens is 1. The van der Waals surface area contributed by atoms with Crippen molar-refractivity contribution in [2.75, 3.05) is 46.9 Å². The number of piperidine rings is 2. The fourth-order valence-corrected chi connectivity index (χ4v) is 4.61. The predicted octanol–water partition coefficient (Wildman–Crippen LogP) is 3.63. The molecule has 0 aromatic heterocycles. The first-order valence-electron chi connectivity index (χ1n) is 10.3. The van der Waals surface area contributed by atoms with Gasteiger partial charge in [0.15, 0.2) is 0 Å². The number of amides is 1. The minimum atomic E-state index is -0.823. The van der Waals surface area contributed by atoms with Crippen LogP contribution in [0, 0.1) is 0 Å². The van der Waals surface area contributed by atoms with E-state index in [-0.39, 0.29) is 12.2 Å². The Kier molecular flexibility index (Phi) is 8.03. The van der Waals surface area contributed by atoms with E-state index in [1.807, 2.05) is 12.1 Å². The van der Waals surface area contributed by atoms with Crippen molar-refractivity contribution >= 4 is 22.0 Å². The van der Waals surface area contributed by atoms with Gasteiger partial charge < -0.3 is 29.1 Å². The topological polar surface area (TPSA) is 71.5 Å². The molecule has 0 saturated carbocycles. The third-order valence-electron chi connectivity index (χ3n) is 5.88. The number of carboxylic acid groups (broad SMARTS) is 1. The van der Waals surface area contributed by atoms with Crippen molar-refractivity contribution in [2.45, 2.75) is 44.3 Å². The van der Waals surface area contributed by atoms with Crippen LogP contribution >= 0.6 is 15.9 Å². The maximum absolute atomic E-state index is 11.0. The van der Waals surface area contributed by atoms with Crippen molar-refractivity contribution in [3.63, 3.8) is 0 Å². The van der Waals surface area contributed by atoms with Crippen LogP contribution in [0.2, 0.25) is 0 Å². The van der Waals surface area contributed by atoms with Crippen LogP contribution in [-0.2, 0) is 11.2 Å². The number of hydrogen-bond donors (Lipinski definition) is 1. The van der Waals surface area contributed by atoms with Gasteiger partial charge in [0.25, 0.3) is 0 Å². The van der Waals surface area contributed by atoms with E-state index in [2.05, 4.69) is 20.8 Å². The summed E-state index contributed by atoms with van der Waals surface area (Å²) in [6, 6.07) is 3.96. The molecule has 0 unspecified atom stereocenters. The van der Waals surface area contributed by atoms with Crippen molar-refractivity contribution in [1.82, 2.24) is 9.80 Å². The monoisotopic (exact) mass is 470 g/mol. The molecule has 1 N–H and O–H groups in total. The summed E-state index contributed by atoms with van der Waals surface area (Å²) in [7, 11) is 3.38. The van der Waals surface area contributed by atoms with Crippen LogP contribution < -0.4 is 9.47 Å². The molecule has 162 valence electrons. The second-order valence-corrected chi connectivity index (χ2v) is 8.60. The van der Waals surface area contributed by atoms with E-state index in [1.54, 1.807) is 14.2 Å². The Balaban J connectivity index is 1.43. The Morgan fingerprint density at radius 1 is 1.03 bits per heavy atom. The molecule has 2 aliphatic heterocycles. The van der Waals surface area contributed by atoms with Crippen LogP contribution in [0.5, 0.6) is 11.5 Å². The molecule has 0 bridgehead atoms. The highest BCUT2D eigenvalue weighted by Gasteiger charge is 2.27. The van der Waals surface area contributed by atoms with Crippen molar-refractivity contribution in [3.8, 4) is 11.5 Å². The summed E-state index contributed by atoms with van der Waals surface area (Å²) in [6.45, 7) is 4.14. The normalized spacial score (nSPS) is 19.3. The number of hydrogen-bond acceptors (Lipinski definition) is 5. The number of ether oxygens (including phenoxy) is 3. The van der Waals surface area contributed by atoms with Crippen molar-refractivity contribution in [1.29, 1.82) is 0 Å². The summed E-state index contributed by atoms with van der Waals surface area (Å²) in [5, 5.41) is 9.05. The number of nitrogens with zero attached hydrogens (tertiary/aromatic N) is 2. The van der Waals surface area contributed by atoms with E-state index in [0.29, 0.717) is 13.1 Å². The molecule has 3 rings (SSSR count). The molecule has 1 aromatic carbocycles. The molecule has 2 heterocycles. The average Bonchev–Trinajstić information content (AvgIpc) is 2.73. The van der Waals surface area contributed by atoms with Crippen molar-refractivity contribution in [2.24, 2.45) is 0 Å². The third kappa shape index (κ3) is 5.99. The van der Waals surface area contributed by atoms with Gasteiger partial charge in [-0.15, -0.1) is 0 Å². The van der Waals surface area contributed by atoms with Crippen LogP contribution in [0.25, 0.3) is 0 Å². The van der Waals surface area contributed by atoms with Crippen LogP contribution in [-0.4, -0.2) is 80.2 Å². The van der Waals surface area contributed by atoms with Gasteiger partial charge in [-0.2, -0.15) is 0 Å². The average molecular weight is 471 g/mol. The number of likely N-dealkylation sites (tertiary alicyclic amines) is 2. The van der Waals surface area contributed by atoms with Crippen LogP contribution in [0.1, 0.15) is 31.2 Å². The highest BCUT2D eigenvalue weighted by Crippen LogP contribution is 2.33. The second-order valence-electron chi connectivity index (χ2n) is 7.68. The highest BCUT2D eigenvalue weighted by molar-refractivity contribution is 9.10. The molecule has 0 radical (unpaired) electrons. The molecule has 7 nitrogen and oxygen atoms in total. The zero-order valence-corrected chi connectivity index (χ0v) is 18.8. The van der Waals surface area contributed by atoms with Gasteiger partial charge in [-0.1, -0.05) is 15.9 Å². The van der Waals surface area contributed by atoms with Gasteiger partial charge in [0.05, 0.1) is 26.4 Å². The smallest absolute Gasteiger partial charge is 0.407 e. The van der Waals surface area contributed by atoms with Gasteiger partial charge in [0, 0.05) is 42.8 Å². The van der Waals surface area contributed by atoms with Gasteiger partial charge in [-0.25, -0.2) is 4.79 Å². The third-order valence-corrected chi connectivity index (χ3v) is 6.34. The largest absolute Gasteiger partial charge is 0.496 e. The van der Waals surface area contributed by atoms with Gasteiger partial charge in [-0.3, -0.25) is 0 Å². The molecular weight excluding hydrogens is 440 g/mol. The molecule has 2 fully saturated rings. The quantitative estimate of drug-likeness (QED) is 0.655.